The van der Waals surface area contributed by atoms with Crippen molar-refractivity contribution in [2.24, 2.45) is 0 Å². The fourth-order valence-electron chi connectivity index (χ4n) is 1.01. The Bertz CT molecular complexity index is 438. The maximum Gasteiger partial charge on any atom is 0.152 e. The highest BCUT2D eigenvalue weighted by Crippen LogP contribution is 2.23. The molecule has 2 aromatic rings. The number of rotatable bonds is 0. The van der Waals surface area contributed by atoms with E-state index in [1.54, 1.807) is 0 Å². The molecular weight excluding hydrogens is 186 g/mol. The molecule has 0 N–H and O–H groups in total. The number of aromatic nitrogens is 2. The molecule has 1 aromatic heterocycles. The molecule has 0 bridgehead atoms. The SMILES string of the molecule is Fc1c(Cl)ccc2c1cnn2F. The summed E-state index contributed by atoms with van der Waals surface area (Å²) < 4.78 is 25.7. The molecule has 0 atom stereocenters. The van der Waals surface area contributed by atoms with Crippen LogP contribution in [0.5, 0.6) is 0 Å². The highest BCUT2D eigenvalue weighted by atomic mass is 35.5. The lowest BCUT2D eigenvalue weighted by Crippen LogP contribution is -1.83. The van der Waals surface area contributed by atoms with E-state index in [1.807, 2.05) is 0 Å². The summed E-state index contributed by atoms with van der Waals surface area (Å²) in [5, 5.41) is 3.31. The molecule has 12 heavy (non-hydrogen) atoms. The standard InChI is InChI=1S/C7H3ClF2N2/c8-5-1-2-6-4(7(5)9)3-11-12(6)10/h1-3H. The Morgan fingerprint density at radius 1 is 1.42 bits per heavy atom. The van der Waals surface area contributed by atoms with E-state index in [4.69, 9.17) is 11.6 Å². The molecule has 0 aliphatic carbocycles. The summed E-state index contributed by atoms with van der Waals surface area (Å²) in [4.78, 5) is 0.106. The van der Waals surface area contributed by atoms with Crippen LogP contribution in [-0.2, 0) is 0 Å². The third-order valence-electron chi connectivity index (χ3n) is 1.60. The molecule has 0 saturated heterocycles. The summed E-state index contributed by atoms with van der Waals surface area (Å²) in [5.74, 6) is -0.641. The van der Waals surface area contributed by atoms with E-state index in [1.165, 1.54) is 12.1 Å². The van der Waals surface area contributed by atoms with Gasteiger partial charge in [-0.15, -0.1) is 5.10 Å². The van der Waals surface area contributed by atoms with Gasteiger partial charge in [0.2, 0.25) is 0 Å². The van der Waals surface area contributed by atoms with Gasteiger partial charge in [0.05, 0.1) is 16.6 Å². The van der Waals surface area contributed by atoms with Crippen molar-refractivity contribution in [1.29, 1.82) is 0 Å². The third kappa shape index (κ3) is 0.881. The largest absolute Gasteiger partial charge is 0.205 e. The van der Waals surface area contributed by atoms with Gasteiger partial charge in [0.25, 0.3) is 0 Å². The van der Waals surface area contributed by atoms with E-state index in [9.17, 15) is 8.87 Å². The Hall–Kier alpha value is -1.16. The first kappa shape index (κ1) is 7.49. The molecule has 62 valence electrons. The lowest BCUT2D eigenvalue weighted by Gasteiger charge is -1.93. The summed E-state index contributed by atoms with van der Waals surface area (Å²) in [7, 11) is 0. The van der Waals surface area contributed by atoms with Crippen molar-refractivity contribution in [3.63, 3.8) is 0 Å². The molecule has 2 rings (SSSR count). The monoisotopic (exact) mass is 188 g/mol. The van der Waals surface area contributed by atoms with Crippen molar-refractivity contribution in [2.45, 2.75) is 0 Å². The number of hydrogen-bond donors (Lipinski definition) is 0. The topological polar surface area (TPSA) is 17.8 Å². The van der Waals surface area contributed by atoms with Crippen LogP contribution in [-0.4, -0.2) is 10.0 Å². The van der Waals surface area contributed by atoms with E-state index < -0.39 is 5.82 Å². The van der Waals surface area contributed by atoms with Crippen LogP contribution in [0, 0.1) is 5.82 Å². The summed E-state index contributed by atoms with van der Waals surface area (Å²) in [6, 6.07) is 2.66. The van der Waals surface area contributed by atoms with Gasteiger partial charge in [-0.2, -0.15) is 0 Å². The van der Waals surface area contributed by atoms with Gasteiger partial charge in [-0.05, 0) is 12.1 Å². The van der Waals surface area contributed by atoms with Gasteiger partial charge >= 0.3 is 0 Å². The van der Waals surface area contributed by atoms with Crippen molar-refractivity contribution in [3.8, 4) is 0 Å². The molecule has 0 radical (unpaired) electrons. The van der Waals surface area contributed by atoms with Gasteiger partial charge in [-0.25, -0.2) is 4.39 Å². The highest BCUT2D eigenvalue weighted by molar-refractivity contribution is 6.31. The second-order valence-corrected chi connectivity index (χ2v) is 2.71. The lowest BCUT2D eigenvalue weighted by molar-refractivity contribution is 0.332. The molecule has 0 fully saturated rings. The molecular formula is C7H3ClF2N2. The Labute approximate surface area is 71.3 Å². The van der Waals surface area contributed by atoms with Crippen LogP contribution in [0.25, 0.3) is 10.9 Å². The van der Waals surface area contributed by atoms with Crippen molar-refractivity contribution in [1.82, 2.24) is 10.0 Å². The normalized spacial score (nSPS) is 10.9. The molecule has 1 aromatic carbocycles. The zero-order valence-electron chi connectivity index (χ0n) is 5.76. The first-order chi connectivity index (χ1) is 5.70. The summed E-state index contributed by atoms with van der Waals surface area (Å²) in [5.41, 5.74) is 0.0805. The molecule has 0 spiro atoms. The lowest BCUT2D eigenvalue weighted by atomic mass is 10.2. The van der Waals surface area contributed by atoms with Crippen LogP contribution in [0.3, 0.4) is 0 Å². The quantitative estimate of drug-likeness (QED) is 0.621. The predicted molar refractivity (Wildman–Crippen MR) is 41.2 cm³/mol. The predicted octanol–water partition coefficient (Wildman–Crippen LogP) is 2.56. The van der Waals surface area contributed by atoms with E-state index in [0.717, 1.165) is 6.20 Å². The third-order valence-corrected chi connectivity index (χ3v) is 1.89. The van der Waals surface area contributed by atoms with Gasteiger partial charge in [0, 0.05) is 0 Å². The molecule has 2 nitrogen and oxygen atoms in total. The Balaban J connectivity index is 2.93. The van der Waals surface area contributed by atoms with Crippen molar-refractivity contribution in [2.75, 3.05) is 0 Å². The average Bonchev–Trinajstić information content (AvgIpc) is 2.41. The minimum absolute atomic E-state index is 0.0319. The molecule has 5 heteroatoms. The van der Waals surface area contributed by atoms with Crippen LogP contribution >= 0.6 is 11.6 Å². The minimum atomic E-state index is -0.641. The smallest absolute Gasteiger partial charge is 0.152 e. The Morgan fingerprint density at radius 3 is 2.92 bits per heavy atom. The average molecular weight is 189 g/mol. The van der Waals surface area contributed by atoms with Gasteiger partial charge in [-0.3, -0.25) is 0 Å². The molecule has 0 amide bonds. The molecule has 0 unspecified atom stereocenters. The number of hydrogen-bond acceptors (Lipinski definition) is 1. The van der Waals surface area contributed by atoms with E-state index in [0.29, 0.717) is 0 Å². The van der Waals surface area contributed by atoms with Crippen molar-refractivity contribution in [3.05, 3.63) is 29.2 Å². The fraction of sp³-hybridized carbons (Fsp3) is 0. The Kier molecular flexibility index (Phi) is 1.51. The van der Waals surface area contributed by atoms with E-state index in [2.05, 4.69) is 5.10 Å². The second-order valence-electron chi connectivity index (χ2n) is 2.30. The summed E-state index contributed by atoms with van der Waals surface area (Å²) >= 11 is 5.46. The van der Waals surface area contributed by atoms with Crippen LogP contribution in [0.1, 0.15) is 0 Å². The summed E-state index contributed by atoms with van der Waals surface area (Å²) in [6.07, 6.45) is 1.09. The van der Waals surface area contributed by atoms with Crippen molar-refractivity contribution < 1.29 is 8.87 Å². The molecule has 0 aliphatic heterocycles. The van der Waals surface area contributed by atoms with E-state index in [-0.39, 0.29) is 20.8 Å². The van der Waals surface area contributed by atoms with Crippen LogP contribution in [0.15, 0.2) is 18.3 Å². The number of nitrogens with zero attached hydrogens (tertiary/aromatic N) is 2. The van der Waals surface area contributed by atoms with Crippen molar-refractivity contribution >= 4 is 22.5 Å². The van der Waals surface area contributed by atoms with E-state index >= 15 is 0 Å². The first-order valence-electron chi connectivity index (χ1n) is 3.18. The first-order valence-corrected chi connectivity index (χ1v) is 3.56. The maximum absolute atomic E-state index is 13.1. The molecule has 0 aliphatic rings. The zero-order valence-corrected chi connectivity index (χ0v) is 6.52. The minimum Gasteiger partial charge on any atom is -0.205 e. The van der Waals surface area contributed by atoms with Gasteiger partial charge in [0.1, 0.15) is 5.52 Å². The maximum atomic E-state index is 13.1. The van der Waals surface area contributed by atoms with Crippen LogP contribution in [0.2, 0.25) is 5.02 Å². The molecule has 0 saturated carbocycles. The number of halogens is 3. The summed E-state index contributed by atoms with van der Waals surface area (Å²) in [6.45, 7) is 0. The van der Waals surface area contributed by atoms with Crippen LogP contribution < -0.4 is 0 Å². The fourth-order valence-corrected chi connectivity index (χ4v) is 1.18. The second kappa shape index (κ2) is 2.42. The Morgan fingerprint density at radius 2 is 2.17 bits per heavy atom. The van der Waals surface area contributed by atoms with Gasteiger partial charge in [-0.1, -0.05) is 21.0 Å². The highest BCUT2D eigenvalue weighted by Gasteiger charge is 2.09. The molecule has 1 heterocycles. The van der Waals surface area contributed by atoms with Gasteiger partial charge < -0.3 is 0 Å². The zero-order chi connectivity index (χ0) is 8.72. The number of benzene rings is 1. The van der Waals surface area contributed by atoms with Gasteiger partial charge in [0.15, 0.2) is 5.82 Å². The number of fused-ring (bicyclic) bond motifs is 1. The van der Waals surface area contributed by atoms with Crippen LogP contribution in [0.4, 0.5) is 8.87 Å².